The molecule has 16 heavy (non-hydrogen) atoms. The van der Waals surface area contributed by atoms with Crippen molar-refractivity contribution in [1.82, 2.24) is 4.98 Å². The van der Waals surface area contributed by atoms with Gasteiger partial charge in [0.25, 0.3) is 0 Å². The lowest BCUT2D eigenvalue weighted by Crippen LogP contribution is -2.05. The Morgan fingerprint density at radius 1 is 1.44 bits per heavy atom. The standard InChI is InChI=1S/C11H9NO4/c1-6-12-10-4-3-8(16-7(2)13)5-9(10)11(14)15-6/h3-5H,1-2H3. The molecule has 0 aliphatic rings. The molecule has 5 nitrogen and oxygen atoms in total. The Balaban J connectivity index is 2.62. The van der Waals surface area contributed by atoms with Crippen LogP contribution in [-0.2, 0) is 4.79 Å². The number of ether oxygens (including phenoxy) is 1. The Morgan fingerprint density at radius 2 is 2.19 bits per heavy atom. The predicted molar refractivity (Wildman–Crippen MR) is 56.3 cm³/mol. The van der Waals surface area contributed by atoms with Gasteiger partial charge in [0.1, 0.15) is 5.75 Å². The number of benzene rings is 1. The first-order valence-corrected chi connectivity index (χ1v) is 4.66. The molecule has 2 rings (SSSR count). The lowest BCUT2D eigenvalue weighted by atomic mass is 10.2. The van der Waals surface area contributed by atoms with Crippen molar-refractivity contribution < 1.29 is 13.9 Å². The highest BCUT2D eigenvalue weighted by Gasteiger charge is 2.06. The van der Waals surface area contributed by atoms with Gasteiger partial charge in [-0.25, -0.2) is 9.78 Å². The molecule has 0 spiro atoms. The molecule has 0 radical (unpaired) electrons. The van der Waals surface area contributed by atoms with Gasteiger partial charge >= 0.3 is 11.6 Å². The number of aryl methyl sites for hydroxylation is 1. The first-order chi connectivity index (χ1) is 7.56. The topological polar surface area (TPSA) is 69.4 Å². The molecule has 0 saturated carbocycles. The highest BCUT2D eigenvalue weighted by Crippen LogP contribution is 2.17. The minimum Gasteiger partial charge on any atom is -0.427 e. The van der Waals surface area contributed by atoms with E-state index in [0.717, 1.165) is 0 Å². The summed E-state index contributed by atoms with van der Waals surface area (Å²) < 4.78 is 9.70. The quantitative estimate of drug-likeness (QED) is 0.536. The number of hydrogen-bond acceptors (Lipinski definition) is 5. The van der Waals surface area contributed by atoms with Crippen LogP contribution in [0.5, 0.6) is 5.75 Å². The summed E-state index contributed by atoms with van der Waals surface area (Å²) in [5, 5.41) is 0.296. The Bertz CT molecular complexity index is 615. The molecule has 0 bridgehead atoms. The first kappa shape index (κ1) is 10.4. The van der Waals surface area contributed by atoms with Gasteiger partial charge in [0, 0.05) is 13.8 Å². The van der Waals surface area contributed by atoms with E-state index in [1.54, 1.807) is 19.1 Å². The molecule has 0 saturated heterocycles. The first-order valence-electron chi connectivity index (χ1n) is 4.66. The van der Waals surface area contributed by atoms with E-state index < -0.39 is 11.6 Å². The molecule has 2 aromatic rings. The second-order valence-corrected chi connectivity index (χ2v) is 3.29. The number of carbonyl (C=O) groups excluding carboxylic acids is 1. The molecule has 82 valence electrons. The van der Waals surface area contributed by atoms with Crippen molar-refractivity contribution in [1.29, 1.82) is 0 Å². The van der Waals surface area contributed by atoms with E-state index in [-0.39, 0.29) is 0 Å². The van der Waals surface area contributed by atoms with Crippen molar-refractivity contribution in [3.05, 3.63) is 34.5 Å². The lowest BCUT2D eigenvalue weighted by molar-refractivity contribution is -0.131. The summed E-state index contributed by atoms with van der Waals surface area (Å²) >= 11 is 0. The largest absolute Gasteiger partial charge is 0.427 e. The second-order valence-electron chi connectivity index (χ2n) is 3.29. The van der Waals surface area contributed by atoms with E-state index in [4.69, 9.17) is 9.15 Å². The molecule has 1 aromatic carbocycles. The van der Waals surface area contributed by atoms with Gasteiger partial charge < -0.3 is 9.15 Å². The number of carbonyl (C=O) groups is 1. The van der Waals surface area contributed by atoms with E-state index in [2.05, 4.69) is 4.98 Å². The SMILES string of the molecule is CC(=O)Oc1ccc2nc(C)oc(=O)c2c1. The van der Waals surface area contributed by atoms with Gasteiger partial charge in [-0.15, -0.1) is 0 Å². The second kappa shape index (κ2) is 3.77. The molecule has 0 aliphatic carbocycles. The number of nitrogens with zero attached hydrogens (tertiary/aromatic N) is 1. The van der Waals surface area contributed by atoms with Crippen molar-refractivity contribution in [2.75, 3.05) is 0 Å². The smallest absolute Gasteiger partial charge is 0.346 e. The van der Waals surface area contributed by atoms with Gasteiger partial charge in [-0.2, -0.15) is 0 Å². The van der Waals surface area contributed by atoms with E-state index >= 15 is 0 Å². The highest BCUT2D eigenvalue weighted by molar-refractivity contribution is 5.80. The Hall–Kier alpha value is -2.17. The van der Waals surface area contributed by atoms with E-state index in [1.165, 1.54) is 13.0 Å². The van der Waals surface area contributed by atoms with Crippen LogP contribution in [0.2, 0.25) is 0 Å². The zero-order chi connectivity index (χ0) is 11.7. The minimum absolute atomic E-state index is 0.296. The molecule has 0 atom stereocenters. The van der Waals surface area contributed by atoms with Crippen molar-refractivity contribution in [2.24, 2.45) is 0 Å². The van der Waals surface area contributed by atoms with Crippen LogP contribution in [0.4, 0.5) is 0 Å². The summed E-state index contributed by atoms with van der Waals surface area (Å²) in [6, 6.07) is 4.63. The van der Waals surface area contributed by atoms with E-state index in [9.17, 15) is 9.59 Å². The summed E-state index contributed by atoms with van der Waals surface area (Å²) in [5.74, 6) is 0.166. The normalized spacial score (nSPS) is 10.4. The highest BCUT2D eigenvalue weighted by atomic mass is 16.5. The number of aromatic nitrogens is 1. The van der Waals surface area contributed by atoms with Crippen LogP contribution in [0.25, 0.3) is 10.9 Å². The van der Waals surface area contributed by atoms with Crippen LogP contribution in [-0.4, -0.2) is 11.0 Å². The van der Waals surface area contributed by atoms with Crippen LogP contribution in [0.1, 0.15) is 12.8 Å². The average Bonchev–Trinajstić information content (AvgIpc) is 2.18. The number of hydrogen-bond donors (Lipinski definition) is 0. The maximum Gasteiger partial charge on any atom is 0.346 e. The van der Waals surface area contributed by atoms with Crippen molar-refractivity contribution in [3.63, 3.8) is 0 Å². The van der Waals surface area contributed by atoms with E-state index in [1.807, 2.05) is 0 Å². The van der Waals surface area contributed by atoms with Gasteiger partial charge in [0.05, 0.1) is 10.9 Å². The third-order valence-electron chi connectivity index (χ3n) is 1.97. The van der Waals surface area contributed by atoms with Gasteiger partial charge in [-0.1, -0.05) is 0 Å². The van der Waals surface area contributed by atoms with Crippen molar-refractivity contribution in [2.45, 2.75) is 13.8 Å². The molecule has 0 amide bonds. The maximum atomic E-state index is 11.5. The third-order valence-corrected chi connectivity index (χ3v) is 1.97. The van der Waals surface area contributed by atoms with Gasteiger partial charge in [-0.05, 0) is 18.2 Å². The fraction of sp³-hybridized carbons (Fsp3) is 0.182. The van der Waals surface area contributed by atoms with Gasteiger partial charge in [0.15, 0.2) is 5.89 Å². The average molecular weight is 219 g/mol. The van der Waals surface area contributed by atoms with Gasteiger partial charge in [0.2, 0.25) is 0 Å². The van der Waals surface area contributed by atoms with Crippen LogP contribution in [0.15, 0.2) is 27.4 Å². The molecule has 1 heterocycles. The molecule has 1 aromatic heterocycles. The zero-order valence-corrected chi connectivity index (χ0v) is 8.81. The fourth-order valence-electron chi connectivity index (χ4n) is 1.39. The third kappa shape index (κ3) is 1.93. The molecular formula is C11H9NO4. The number of fused-ring (bicyclic) bond motifs is 1. The number of esters is 1. The summed E-state index contributed by atoms with van der Waals surface area (Å²) in [7, 11) is 0. The van der Waals surface area contributed by atoms with Crippen LogP contribution in [0.3, 0.4) is 0 Å². The summed E-state index contributed by atoms with van der Waals surface area (Å²) in [6.07, 6.45) is 0. The molecule has 0 fully saturated rings. The molecule has 0 aliphatic heterocycles. The minimum atomic E-state index is -0.489. The van der Waals surface area contributed by atoms with Crippen LogP contribution >= 0.6 is 0 Å². The van der Waals surface area contributed by atoms with Gasteiger partial charge in [-0.3, -0.25) is 4.79 Å². The van der Waals surface area contributed by atoms with E-state index in [0.29, 0.717) is 22.5 Å². The summed E-state index contributed by atoms with van der Waals surface area (Å²) in [6.45, 7) is 2.89. The Morgan fingerprint density at radius 3 is 2.88 bits per heavy atom. The molecule has 0 unspecified atom stereocenters. The van der Waals surface area contributed by atoms with Crippen molar-refractivity contribution >= 4 is 16.9 Å². The predicted octanol–water partition coefficient (Wildman–Crippen LogP) is 1.42. The molecule has 0 N–H and O–H groups in total. The molecular weight excluding hydrogens is 210 g/mol. The molecule has 5 heteroatoms. The zero-order valence-electron chi connectivity index (χ0n) is 8.81. The van der Waals surface area contributed by atoms with Crippen molar-refractivity contribution in [3.8, 4) is 5.75 Å². The van der Waals surface area contributed by atoms with Crippen LogP contribution < -0.4 is 10.4 Å². The Labute approximate surface area is 90.7 Å². The Kier molecular flexibility index (Phi) is 2.44. The monoisotopic (exact) mass is 219 g/mol. The maximum absolute atomic E-state index is 11.5. The number of rotatable bonds is 1. The summed E-state index contributed by atoms with van der Waals surface area (Å²) in [5.41, 5.74) is 0.0288. The fourth-order valence-corrected chi connectivity index (χ4v) is 1.39. The summed E-state index contributed by atoms with van der Waals surface area (Å²) in [4.78, 5) is 26.3. The lowest BCUT2D eigenvalue weighted by Gasteiger charge is -2.02. The van der Waals surface area contributed by atoms with Crippen LogP contribution in [0, 0.1) is 6.92 Å².